The van der Waals surface area contributed by atoms with E-state index >= 15 is 0 Å². The van der Waals surface area contributed by atoms with Crippen molar-refractivity contribution in [3.63, 3.8) is 0 Å². The largest absolute Gasteiger partial charge is 0.331 e. The first-order valence-electron chi connectivity index (χ1n) is 7.87. The van der Waals surface area contributed by atoms with Gasteiger partial charge in [-0.05, 0) is 42.9 Å². The van der Waals surface area contributed by atoms with Gasteiger partial charge in [0, 0.05) is 29.1 Å². The molecular formula is C16H16ClN5O2S2. The number of carbonyl (C=O) groups excluding carboxylic acids is 2. The third-order valence-electron chi connectivity index (χ3n) is 3.60. The highest BCUT2D eigenvalue weighted by molar-refractivity contribution is 7.80. The molecule has 0 saturated carbocycles. The average Bonchev–Trinajstić information content (AvgIpc) is 3.24. The number of hydrogen-bond donors (Lipinski definition) is 3. The molecule has 0 radical (unpaired) electrons. The first-order valence-corrected chi connectivity index (χ1v) is 9.54. The molecule has 0 atom stereocenters. The lowest BCUT2D eigenvalue weighted by atomic mass is 10.3. The van der Waals surface area contributed by atoms with Crippen LogP contribution < -0.4 is 21.1 Å². The summed E-state index contributed by atoms with van der Waals surface area (Å²) in [5, 5.41) is 6.23. The van der Waals surface area contributed by atoms with Crippen molar-refractivity contribution in [3.8, 4) is 0 Å². The van der Waals surface area contributed by atoms with E-state index in [9.17, 15) is 9.59 Å². The average molecular weight is 410 g/mol. The van der Waals surface area contributed by atoms with E-state index in [0.717, 1.165) is 12.1 Å². The zero-order valence-electron chi connectivity index (χ0n) is 13.6. The highest BCUT2D eigenvalue weighted by Crippen LogP contribution is 2.25. The minimum atomic E-state index is -0.283. The fourth-order valence-electron chi connectivity index (χ4n) is 2.38. The highest BCUT2D eigenvalue weighted by Gasteiger charge is 2.24. The lowest BCUT2D eigenvalue weighted by Gasteiger charge is -2.11. The molecule has 7 nitrogen and oxygen atoms in total. The van der Waals surface area contributed by atoms with E-state index < -0.39 is 0 Å². The van der Waals surface area contributed by atoms with Crippen LogP contribution in [0.2, 0.25) is 5.02 Å². The predicted octanol–water partition coefficient (Wildman–Crippen LogP) is 2.48. The Morgan fingerprint density at radius 1 is 1.31 bits per heavy atom. The van der Waals surface area contributed by atoms with Crippen molar-refractivity contribution in [2.45, 2.75) is 19.3 Å². The smallest absolute Gasteiger partial charge is 0.244 e. The fourth-order valence-corrected chi connectivity index (χ4v) is 3.55. The first-order chi connectivity index (χ1) is 12.5. The SMILES string of the molecule is O=C(Cc1csc(N2CCCC2=O)n1)NNC(=S)Nc1ccc(Cl)cc1. The number of carbonyl (C=O) groups is 2. The number of thiazole rings is 1. The second-order valence-corrected chi connectivity index (χ2v) is 7.26. The number of thiocarbonyl (C=S) groups is 1. The zero-order chi connectivity index (χ0) is 18.5. The number of halogens is 1. The molecule has 2 amide bonds. The molecule has 1 saturated heterocycles. The van der Waals surface area contributed by atoms with Crippen LogP contribution in [0.5, 0.6) is 0 Å². The van der Waals surface area contributed by atoms with E-state index in [1.54, 1.807) is 34.5 Å². The summed E-state index contributed by atoms with van der Waals surface area (Å²) in [6, 6.07) is 7.01. The number of aromatic nitrogens is 1. The summed E-state index contributed by atoms with van der Waals surface area (Å²) in [4.78, 5) is 29.8. The zero-order valence-corrected chi connectivity index (χ0v) is 16.0. The van der Waals surface area contributed by atoms with Crippen LogP contribution in [0, 0.1) is 0 Å². The van der Waals surface area contributed by atoms with Crippen molar-refractivity contribution in [2.75, 3.05) is 16.8 Å². The molecular weight excluding hydrogens is 394 g/mol. The highest BCUT2D eigenvalue weighted by atomic mass is 35.5. The van der Waals surface area contributed by atoms with Crippen molar-refractivity contribution in [1.29, 1.82) is 0 Å². The van der Waals surface area contributed by atoms with Gasteiger partial charge in [0.15, 0.2) is 10.2 Å². The third kappa shape index (κ3) is 4.90. The van der Waals surface area contributed by atoms with Gasteiger partial charge in [0.05, 0.1) is 12.1 Å². The summed E-state index contributed by atoms with van der Waals surface area (Å²) in [6.45, 7) is 0.685. The lowest BCUT2D eigenvalue weighted by molar-refractivity contribution is -0.121. The molecule has 10 heteroatoms. The van der Waals surface area contributed by atoms with E-state index in [1.165, 1.54) is 11.3 Å². The van der Waals surface area contributed by atoms with Gasteiger partial charge in [-0.1, -0.05) is 11.6 Å². The Morgan fingerprint density at radius 2 is 2.08 bits per heavy atom. The van der Waals surface area contributed by atoms with Crippen LogP contribution >= 0.6 is 35.2 Å². The maximum atomic E-state index is 12.0. The van der Waals surface area contributed by atoms with Gasteiger partial charge < -0.3 is 5.32 Å². The molecule has 0 spiro atoms. The van der Waals surface area contributed by atoms with Gasteiger partial charge in [0.1, 0.15) is 0 Å². The molecule has 3 N–H and O–H groups in total. The number of hydrogen-bond acceptors (Lipinski definition) is 5. The normalized spacial score (nSPS) is 13.6. The molecule has 136 valence electrons. The number of amides is 2. The van der Waals surface area contributed by atoms with Crippen molar-refractivity contribution >= 4 is 62.9 Å². The van der Waals surface area contributed by atoms with Crippen molar-refractivity contribution in [2.24, 2.45) is 0 Å². The number of nitrogens with one attached hydrogen (secondary N) is 3. The van der Waals surface area contributed by atoms with Gasteiger partial charge in [0.25, 0.3) is 0 Å². The third-order valence-corrected chi connectivity index (χ3v) is 4.97. The molecule has 0 unspecified atom stereocenters. The fraction of sp³-hybridized carbons (Fsp3) is 0.250. The predicted molar refractivity (Wildman–Crippen MR) is 106 cm³/mol. The van der Waals surface area contributed by atoms with Gasteiger partial charge in [-0.15, -0.1) is 11.3 Å². The Bertz CT molecular complexity index is 824. The Balaban J connectivity index is 1.45. The van der Waals surface area contributed by atoms with Gasteiger partial charge >= 0.3 is 0 Å². The maximum absolute atomic E-state index is 12.0. The molecule has 1 aliphatic heterocycles. The monoisotopic (exact) mass is 409 g/mol. The summed E-state index contributed by atoms with van der Waals surface area (Å²) in [5.41, 5.74) is 6.51. The molecule has 26 heavy (non-hydrogen) atoms. The lowest BCUT2D eigenvalue weighted by Crippen LogP contribution is -2.44. The maximum Gasteiger partial charge on any atom is 0.244 e. The number of hydrazine groups is 1. The van der Waals surface area contributed by atoms with Gasteiger partial charge in [0.2, 0.25) is 11.8 Å². The molecule has 0 bridgehead atoms. The van der Waals surface area contributed by atoms with Crippen molar-refractivity contribution in [3.05, 3.63) is 40.4 Å². The summed E-state index contributed by atoms with van der Waals surface area (Å²) in [7, 11) is 0. The summed E-state index contributed by atoms with van der Waals surface area (Å²) >= 11 is 12.3. The van der Waals surface area contributed by atoms with E-state index in [4.69, 9.17) is 23.8 Å². The van der Waals surface area contributed by atoms with Crippen LogP contribution in [-0.2, 0) is 16.0 Å². The van der Waals surface area contributed by atoms with Crippen LogP contribution in [0.1, 0.15) is 18.5 Å². The Labute approximate surface area is 164 Å². The van der Waals surface area contributed by atoms with Gasteiger partial charge in [-0.25, -0.2) is 4.98 Å². The Morgan fingerprint density at radius 3 is 2.77 bits per heavy atom. The molecule has 2 heterocycles. The van der Waals surface area contributed by atoms with E-state index in [-0.39, 0.29) is 23.3 Å². The standard InChI is InChI=1S/C16H16ClN5O2S2/c17-10-3-5-11(6-4-10)18-15(25)21-20-13(23)8-12-9-26-16(19-12)22-7-1-2-14(22)24/h3-6,9H,1-2,7-8H2,(H,20,23)(H2,18,21,25). The van der Waals surface area contributed by atoms with Crippen LogP contribution in [-0.4, -0.2) is 28.5 Å². The molecule has 1 aliphatic rings. The molecule has 3 rings (SSSR count). The molecule has 1 aromatic carbocycles. The summed E-state index contributed by atoms with van der Waals surface area (Å²) in [6.07, 6.45) is 1.49. The van der Waals surface area contributed by atoms with Crippen LogP contribution in [0.4, 0.5) is 10.8 Å². The number of nitrogens with zero attached hydrogens (tertiary/aromatic N) is 2. The minimum absolute atomic E-state index is 0.0793. The van der Waals surface area contributed by atoms with E-state index in [2.05, 4.69) is 21.2 Å². The van der Waals surface area contributed by atoms with Crippen LogP contribution in [0.15, 0.2) is 29.6 Å². The number of rotatable bonds is 4. The van der Waals surface area contributed by atoms with E-state index in [1.807, 2.05) is 0 Å². The van der Waals surface area contributed by atoms with Crippen molar-refractivity contribution < 1.29 is 9.59 Å². The summed E-state index contributed by atoms with van der Waals surface area (Å²) < 4.78 is 0. The van der Waals surface area contributed by atoms with E-state index in [0.29, 0.717) is 28.8 Å². The number of benzene rings is 1. The molecule has 0 aliphatic carbocycles. The second-order valence-electron chi connectivity index (χ2n) is 5.58. The van der Waals surface area contributed by atoms with Crippen LogP contribution in [0.3, 0.4) is 0 Å². The quantitative estimate of drug-likeness (QED) is 0.531. The number of anilines is 2. The molecule has 2 aromatic rings. The summed E-state index contributed by atoms with van der Waals surface area (Å²) in [5.74, 6) is -0.203. The molecule has 1 aromatic heterocycles. The topological polar surface area (TPSA) is 86.4 Å². The molecule has 1 fully saturated rings. The van der Waals surface area contributed by atoms with Gasteiger partial charge in [-0.3, -0.25) is 25.3 Å². The second kappa shape index (κ2) is 8.43. The minimum Gasteiger partial charge on any atom is -0.331 e. The first kappa shape index (κ1) is 18.6. The van der Waals surface area contributed by atoms with Crippen molar-refractivity contribution in [1.82, 2.24) is 15.8 Å². The van der Waals surface area contributed by atoms with Gasteiger partial charge in [-0.2, -0.15) is 0 Å². The van der Waals surface area contributed by atoms with Crippen LogP contribution in [0.25, 0.3) is 0 Å². The Kier molecular flexibility index (Phi) is 6.02. The Hall–Kier alpha value is -2.23.